The Morgan fingerprint density at radius 3 is 2.77 bits per heavy atom. The summed E-state index contributed by atoms with van der Waals surface area (Å²) < 4.78 is 11.1. The highest BCUT2D eigenvalue weighted by molar-refractivity contribution is 6.04. The zero-order chi connectivity index (χ0) is 22.6. The molecule has 2 amide bonds. The molecular weight excluding hydrogens is 394 g/mol. The Bertz CT molecular complexity index is 787. The smallest absolute Gasteiger partial charge is 0.270 e. The Morgan fingerprint density at radius 1 is 1.35 bits per heavy atom. The van der Waals surface area contributed by atoms with Crippen molar-refractivity contribution in [1.82, 2.24) is 10.2 Å². The number of hydrogen-bond acceptors (Lipinski definition) is 5. The van der Waals surface area contributed by atoms with Crippen molar-refractivity contribution in [2.24, 2.45) is 0 Å². The molecule has 3 rings (SSSR count). The molecule has 31 heavy (non-hydrogen) atoms. The predicted molar refractivity (Wildman–Crippen MR) is 122 cm³/mol. The Balaban J connectivity index is 1.89. The molecule has 1 aromatic rings. The van der Waals surface area contributed by atoms with Gasteiger partial charge >= 0.3 is 0 Å². The molecule has 1 fully saturated rings. The zero-order valence-electron chi connectivity index (χ0n) is 19.6. The normalized spacial score (nSPS) is 20.4. The number of nitrogens with one attached hydrogen (secondary N) is 1. The third-order valence-corrected chi connectivity index (χ3v) is 6.06. The summed E-state index contributed by atoms with van der Waals surface area (Å²) in [6.07, 6.45) is 3.76. The van der Waals surface area contributed by atoms with Gasteiger partial charge in [0.15, 0.2) is 5.60 Å². The largest absolute Gasteiger partial charge is 0.476 e. The maximum atomic E-state index is 13.5. The average molecular weight is 432 g/mol. The van der Waals surface area contributed by atoms with Gasteiger partial charge in [0.2, 0.25) is 0 Å². The molecule has 1 saturated heterocycles. The van der Waals surface area contributed by atoms with Crippen LogP contribution in [0, 0.1) is 0 Å². The molecule has 0 bridgehead atoms. The Hall–Kier alpha value is -2.12. The first kappa shape index (κ1) is 23.5. The lowest BCUT2D eigenvalue weighted by molar-refractivity contribution is -0.132. The van der Waals surface area contributed by atoms with Crippen molar-refractivity contribution >= 4 is 17.5 Å². The van der Waals surface area contributed by atoms with Crippen LogP contribution >= 0.6 is 0 Å². The van der Waals surface area contributed by atoms with Crippen LogP contribution in [0.15, 0.2) is 18.2 Å². The lowest BCUT2D eigenvalue weighted by Gasteiger charge is -2.40. The second-order valence-electron chi connectivity index (χ2n) is 9.26. The highest BCUT2D eigenvalue weighted by Crippen LogP contribution is 2.39. The van der Waals surface area contributed by atoms with Gasteiger partial charge in [0, 0.05) is 44.5 Å². The van der Waals surface area contributed by atoms with Crippen molar-refractivity contribution in [3.8, 4) is 5.75 Å². The van der Waals surface area contributed by atoms with Gasteiger partial charge in [-0.25, -0.2) is 0 Å². The molecular formula is C24H37N3O4. The minimum absolute atomic E-state index is 0.00288. The summed E-state index contributed by atoms with van der Waals surface area (Å²) in [5.41, 5.74) is 0.339. The fourth-order valence-electron chi connectivity index (χ4n) is 4.48. The third-order valence-electron chi connectivity index (χ3n) is 6.06. The quantitative estimate of drug-likeness (QED) is 0.640. The van der Waals surface area contributed by atoms with E-state index in [0.717, 1.165) is 38.8 Å². The first-order valence-electron chi connectivity index (χ1n) is 11.4. The van der Waals surface area contributed by atoms with Gasteiger partial charge in [-0.2, -0.15) is 0 Å². The summed E-state index contributed by atoms with van der Waals surface area (Å²) in [6.45, 7) is 10.7. The summed E-state index contributed by atoms with van der Waals surface area (Å²) in [7, 11) is 1.68. The van der Waals surface area contributed by atoms with Gasteiger partial charge in [-0.15, -0.1) is 0 Å². The van der Waals surface area contributed by atoms with Crippen LogP contribution in [0.3, 0.4) is 0 Å². The Labute approximate surface area is 186 Å². The molecule has 0 aromatic heterocycles. The molecule has 172 valence electrons. The summed E-state index contributed by atoms with van der Waals surface area (Å²) in [6, 6.07) is 5.75. The van der Waals surface area contributed by atoms with Gasteiger partial charge in [-0.05, 0) is 78.1 Å². The number of benzene rings is 1. The van der Waals surface area contributed by atoms with Gasteiger partial charge < -0.3 is 24.6 Å². The van der Waals surface area contributed by atoms with Gasteiger partial charge in [-0.1, -0.05) is 0 Å². The van der Waals surface area contributed by atoms with Crippen LogP contribution in [-0.2, 0) is 9.53 Å². The molecule has 7 nitrogen and oxygen atoms in total. The molecule has 0 saturated carbocycles. The first-order chi connectivity index (χ1) is 14.8. The summed E-state index contributed by atoms with van der Waals surface area (Å²) >= 11 is 0. The number of rotatable bonds is 8. The maximum Gasteiger partial charge on any atom is 0.270 e. The number of fused-ring (bicyclic) bond motifs is 1. The molecule has 0 unspecified atom stereocenters. The number of anilines is 1. The molecule has 1 N–H and O–H groups in total. The van der Waals surface area contributed by atoms with Crippen molar-refractivity contribution in [3.05, 3.63) is 23.8 Å². The lowest BCUT2D eigenvalue weighted by atomic mass is 10.00. The highest BCUT2D eigenvalue weighted by Gasteiger charge is 2.41. The third kappa shape index (κ3) is 5.21. The summed E-state index contributed by atoms with van der Waals surface area (Å²) in [5, 5.41) is 3.40. The Kier molecular flexibility index (Phi) is 7.59. The minimum atomic E-state index is -0.933. The van der Waals surface area contributed by atoms with Crippen molar-refractivity contribution < 1.29 is 19.1 Å². The maximum absolute atomic E-state index is 13.5. The molecule has 2 aliphatic rings. The van der Waals surface area contributed by atoms with E-state index in [1.165, 1.54) is 0 Å². The minimum Gasteiger partial charge on any atom is -0.476 e. The number of hydrogen-bond donors (Lipinski definition) is 1. The number of carbonyl (C=O) groups is 2. The van der Waals surface area contributed by atoms with E-state index in [0.29, 0.717) is 30.2 Å². The van der Waals surface area contributed by atoms with Gasteiger partial charge in [-0.3, -0.25) is 9.59 Å². The van der Waals surface area contributed by atoms with E-state index < -0.39 is 5.60 Å². The van der Waals surface area contributed by atoms with Crippen LogP contribution in [0.2, 0.25) is 0 Å². The monoisotopic (exact) mass is 431 g/mol. The van der Waals surface area contributed by atoms with E-state index in [1.807, 2.05) is 23.1 Å². The van der Waals surface area contributed by atoms with Crippen LogP contribution in [0.4, 0.5) is 5.69 Å². The number of amides is 2. The van der Waals surface area contributed by atoms with Crippen LogP contribution in [0.1, 0.15) is 63.7 Å². The molecule has 0 aliphatic carbocycles. The number of methoxy groups -OCH3 is 1. The molecule has 7 heteroatoms. The van der Waals surface area contributed by atoms with E-state index in [9.17, 15) is 9.59 Å². The number of nitrogens with zero attached hydrogens (tertiary/aromatic N) is 2. The first-order valence-corrected chi connectivity index (χ1v) is 11.4. The van der Waals surface area contributed by atoms with Crippen molar-refractivity contribution in [2.75, 3.05) is 38.3 Å². The van der Waals surface area contributed by atoms with E-state index in [2.05, 4.69) is 19.2 Å². The van der Waals surface area contributed by atoms with Crippen molar-refractivity contribution in [1.29, 1.82) is 0 Å². The van der Waals surface area contributed by atoms with E-state index in [-0.39, 0.29) is 23.9 Å². The highest BCUT2D eigenvalue weighted by atomic mass is 16.5. The lowest BCUT2D eigenvalue weighted by Crippen LogP contribution is -2.53. The number of carbonyl (C=O) groups excluding carboxylic acids is 2. The van der Waals surface area contributed by atoms with Crippen molar-refractivity contribution in [3.63, 3.8) is 0 Å². The number of piperidine rings is 1. The predicted octanol–water partition coefficient (Wildman–Crippen LogP) is 3.22. The standard InChI is InChI=1S/C24H37N3O4/c1-17(2)27(19-9-8-12-25-16-19)22(28)18-10-11-21-20(15-18)26(13-6-7-14-30-5)23(29)24(3,4)31-21/h10-11,15,17,19,25H,6-9,12-14,16H2,1-5H3/t19-/m1/s1. The van der Waals surface area contributed by atoms with Gasteiger partial charge in [0.05, 0.1) is 5.69 Å². The second kappa shape index (κ2) is 10.0. The van der Waals surface area contributed by atoms with Gasteiger partial charge in [0.1, 0.15) is 5.75 Å². The summed E-state index contributed by atoms with van der Waals surface area (Å²) in [5.74, 6) is 0.561. The molecule has 2 heterocycles. The van der Waals surface area contributed by atoms with Gasteiger partial charge in [0.25, 0.3) is 11.8 Å². The topological polar surface area (TPSA) is 71.1 Å². The Morgan fingerprint density at radius 2 is 2.13 bits per heavy atom. The molecule has 1 aromatic carbocycles. The van der Waals surface area contributed by atoms with Crippen LogP contribution < -0.4 is 15.0 Å². The van der Waals surface area contributed by atoms with E-state index in [4.69, 9.17) is 9.47 Å². The summed E-state index contributed by atoms with van der Waals surface area (Å²) in [4.78, 5) is 30.4. The zero-order valence-corrected chi connectivity index (χ0v) is 19.6. The van der Waals surface area contributed by atoms with E-state index >= 15 is 0 Å². The van der Waals surface area contributed by atoms with Crippen LogP contribution in [0.25, 0.3) is 0 Å². The van der Waals surface area contributed by atoms with E-state index in [1.54, 1.807) is 25.9 Å². The fourth-order valence-corrected chi connectivity index (χ4v) is 4.48. The average Bonchev–Trinajstić information content (AvgIpc) is 2.73. The molecule has 2 aliphatic heterocycles. The molecule has 1 atom stereocenters. The van der Waals surface area contributed by atoms with Crippen LogP contribution in [0.5, 0.6) is 5.75 Å². The van der Waals surface area contributed by atoms with Crippen molar-refractivity contribution in [2.45, 2.75) is 71.1 Å². The number of unbranched alkanes of at least 4 members (excludes halogenated alkanes) is 1. The molecule has 0 spiro atoms. The number of ether oxygens (including phenoxy) is 2. The van der Waals surface area contributed by atoms with Crippen LogP contribution in [-0.4, -0.2) is 67.7 Å². The second-order valence-corrected chi connectivity index (χ2v) is 9.26. The SMILES string of the molecule is COCCCCN1C(=O)C(C)(C)Oc2ccc(C(=O)N(C(C)C)[C@@H]3CCCNC3)cc21. The fraction of sp³-hybridized carbons (Fsp3) is 0.667. The molecule has 0 radical (unpaired) electrons.